The van der Waals surface area contributed by atoms with Crippen LogP contribution in [0.15, 0.2) is 52.7 Å². The van der Waals surface area contributed by atoms with Gasteiger partial charge in [-0.15, -0.1) is 0 Å². The van der Waals surface area contributed by atoms with Crippen molar-refractivity contribution in [1.29, 1.82) is 0 Å². The van der Waals surface area contributed by atoms with Gasteiger partial charge < -0.3 is 24.4 Å². The molecule has 7 rings (SSSR count). The monoisotopic (exact) mass is 642 g/mol. The lowest BCUT2D eigenvalue weighted by Gasteiger charge is -2.66. The van der Waals surface area contributed by atoms with Gasteiger partial charge in [0.1, 0.15) is 39.8 Å². The first kappa shape index (κ1) is 33.0. The number of ether oxygens (including phenoxy) is 3. The predicted molar refractivity (Wildman–Crippen MR) is 179 cm³/mol. The van der Waals surface area contributed by atoms with Crippen molar-refractivity contribution in [1.82, 2.24) is 0 Å². The average Bonchev–Trinajstić information content (AvgIpc) is 3.12. The van der Waals surface area contributed by atoms with Crippen molar-refractivity contribution < 1.29 is 38.8 Å². The molecule has 6 aliphatic rings. The number of benzene rings is 1. The summed E-state index contributed by atoms with van der Waals surface area (Å²) < 4.78 is 20.7. The van der Waals surface area contributed by atoms with Gasteiger partial charge >= 0.3 is 5.97 Å². The van der Waals surface area contributed by atoms with Crippen LogP contribution in [0.1, 0.15) is 109 Å². The summed E-state index contributed by atoms with van der Waals surface area (Å²) in [5, 5.41) is 21.5. The van der Waals surface area contributed by atoms with Crippen molar-refractivity contribution in [3.63, 3.8) is 0 Å². The summed E-state index contributed by atoms with van der Waals surface area (Å²) in [5.41, 5.74) is -0.206. The Labute approximate surface area is 276 Å². The van der Waals surface area contributed by atoms with E-state index >= 15 is 0 Å². The number of carboxylic acid groups (broad SMARTS) is 1. The Morgan fingerprint density at radius 3 is 2.34 bits per heavy atom. The lowest BCUT2D eigenvalue weighted by Crippen LogP contribution is -2.77. The summed E-state index contributed by atoms with van der Waals surface area (Å²) >= 11 is 0. The molecular formula is C39H46O8. The molecule has 1 saturated heterocycles. The second-order valence-electron chi connectivity index (χ2n) is 15.2. The molecule has 0 radical (unpaired) electrons. The van der Waals surface area contributed by atoms with Crippen LogP contribution in [0.2, 0.25) is 0 Å². The summed E-state index contributed by atoms with van der Waals surface area (Å²) in [7, 11) is 0. The van der Waals surface area contributed by atoms with Crippen molar-refractivity contribution in [3.8, 4) is 17.2 Å². The zero-order chi connectivity index (χ0) is 34.3. The van der Waals surface area contributed by atoms with E-state index in [1.807, 2.05) is 52.8 Å². The fourth-order valence-corrected chi connectivity index (χ4v) is 8.33. The maximum atomic E-state index is 14.8. The molecule has 5 atom stereocenters. The fraction of sp³-hybridized carbons (Fsp3) is 0.513. The lowest BCUT2D eigenvalue weighted by atomic mass is 9.57. The zero-order valence-electron chi connectivity index (χ0n) is 28.7. The molecule has 2 bridgehead atoms. The topological polar surface area (TPSA) is 119 Å². The van der Waals surface area contributed by atoms with E-state index in [1.165, 1.54) is 12.5 Å². The van der Waals surface area contributed by atoms with Crippen LogP contribution < -0.4 is 9.47 Å². The fourth-order valence-electron chi connectivity index (χ4n) is 8.33. The first-order valence-corrected chi connectivity index (χ1v) is 16.6. The van der Waals surface area contributed by atoms with Gasteiger partial charge in [-0.25, -0.2) is 4.79 Å². The summed E-state index contributed by atoms with van der Waals surface area (Å²) in [5.74, 6) is -1.79. The highest BCUT2D eigenvalue weighted by Gasteiger charge is 2.76. The van der Waals surface area contributed by atoms with Gasteiger partial charge in [-0.3, -0.25) is 9.59 Å². The van der Waals surface area contributed by atoms with Gasteiger partial charge in [-0.05, 0) is 99.6 Å². The van der Waals surface area contributed by atoms with Gasteiger partial charge in [0, 0.05) is 28.5 Å². The number of carbonyl (C=O) groups is 3. The molecule has 1 saturated carbocycles. The third kappa shape index (κ3) is 5.02. The van der Waals surface area contributed by atoms with Crippen LogP contribution in [0.5, 0.6) is 17.2 Å². The minimum Gasteiger partial charge on any atom is -0.506 e. The average molecular weight is 643 g/mol. The number of hydrogen-bond donors (Lipinski definition) is 2. The maximum Gasteiger partial charge on any atom is 0.330 e. The Balaban J connectivity index is 1.58. The molecule has 0 aromatic heterocycles. The van der Waals surface area contributed by atoms with Crippen molar-refractivity contribution in [2.24, 2.45) is 11.8 Å². The van der Waals surface area contributed by atoms with E-state index in [9.17, 15) is 24.6 Å². The van der Waals surface area contributed by atoms with Crippen LogP contribution in [0.25, 0.3) is 6.08 Å². The number of phenolic OH excluding ortho intramolecular Hbond substituents is 1. The Hall–Kier alpha value is -3.91. The Kier molecular flexibility index (Phi) is 7.78. The number of rotatable bonds is 8. The van der Waals surface area contributed by atoms with Crippen LogP contribution in [0.3, 0.4) is 0 Å². The molecule has 1 spiro atoms. The molecule has 2 fully saturated rings. The normalized spacial score (nSPS) is 31.1. The predicted octanol–water partition coefficient (Wildman–Crippen LogP) is 7.63. The van der Waals surface area contributed by atoms with Crippen LogP contribution in [0, 0.1) is 11.8 Å². The van der Waals surface area contributed by atoms with E-state index in [1.54, 1.807) is 12.2 Å². The summed E-state index contributed by atoms with van der Waals surface area (Å²) in [6.45, 7) is 15.5. The van der Waals surface area contributed by atoms with E-state index in [0.29, 0.717) is 41.7 Å². The van der Waals surface area contributed by atoms with Gasteiger partial charge in [0.25, 0.3) is 0 Å². The number of aromatic hydroxyl groups is 1. The SMILES string of the molecule is CC(C)=CCC[C@@]1(C)C=Cc2c(O)c3c(c(CC=C(C)C)c2O1)OC12CC(=O)C(C=C1C3=O)CC1C(C)(C)OC12C/C=C(\C)C(=O)O. The molecule has 8 heteroatoms. The Bertz CT molecular complexity index is 1740. The molecule has 1 aromatic carbocycles. The molecule has 3 aliphatic carbocycles. The first-order valence-electron chi connectivity index (χ1n) is 16.6. The van der Waals surface area contributed by atoms with E-state index in [2.05, 4.69) is 19.9 Å². The van der Waals surface area contributed by atoms with E-state index < -0.39 is 40.1 Å². The molecule has 47 heavy (non-hydrogen) atoms. The summed E-state index contributed by atoms with van der Waals surface area (Å²) in [6, 6.07) is 0. The van der Waals surface area contributed by atoms with Crippen LogP contribution in [-0.4, -0.2) is 50.2 Å². The van der Waals surface area contributed by atoms with Gasteiger partial charge in [0.15, 0.2) is 11.4 Å². The third-order valence-corrected chi connectivity index (χ3v) is 10.8. The Morgan fingerprint density at radius 2 is 1.70 bits per heavy atom. The summed E-state index contributed by atoms with van der Waals surface area (Å²) in [4.78, 5) is 40.4. The van der Waals surface area contributed by atoms with Crippen molar-refractivity contribution in [3.05, 3.63) is 69.4 Å². The minimum absolute atomic E-state index is 0.0452. The van der Waals surface area contributed by atoms with Crippen molar-refractivity contribution in [2.45, 2.75) is 116 Å². The second-order valence-corrected chi connectivity index (χ2v) is 15.2. The number of Topliss-reactive ketones (excluding diaryl/α,β-unsaturated/α-hetero) is 2. The molecule has 3 heterocycles. The van der Waals surface area contributed by atoms with Crippen molar-refractivity contribution >= 4 is 23.6 Å². The molecule has 0 amide bonds. The minimum atomic E-state index is -1.52. The molecule has 2 N–H and O–H groups in total. The van der Waals surface area contributed by atoms with Crippen LogP contribution >= 0.6 is 0 Å². The van der Waals surface area contributed by atoms with E-state index in [0.717, 1.165) is 12.0 Å². The van der Waals surface area contributed by atoms with E-state index in [-0.39, 0.29) is 47.2 Å². The maximum absolute atomic E-state index is 14.8. The lowest BCUT2D eigenvalue weighted by molar-refractivity contribution is -0.351. The largest absolute Gasteiger partial charge is 0.506 e. The number of ketones is 2. The molecule has 4 unspecified atom stereocenters. The third-order valence-electron chi connectivity index (χ3n) is 10.8. The summed E-state index contributed by atoms with van der Waals surface area (Å²) in [6.07, 6.45) is 13.7. The van der Waals surface area contributed by atoms with Crippen molar-refractivity contribution in [2.75, 3.05) is 0 Å². The number of fused-ring (bicyclic) bond motifs is 3. The number of aliphatic carboxylic acids is 1. The number of phenols is 1. The smallest absolute Gasteiger partial charge is 0.330 e. The standard InChI is InChI=1S/C39H46O8/c1-21(2)10-9-15-37(8)16-14-25-31(41)30-32(42)27-18-24-19-29-36(6,7)47-38(29,17-13-23(5)35(43)44)39(27,20-28(24)40)46-34(30)26(33(25)45-37)12-11-22(3)4/h10-11,13-14,16,18,24,29,41H,9,12,15,17,19-20H2,1-8H3,(H,43,44)/b23-13+/t24?,29?,37-,38?,39?/m0/s1. The quantitative estimate of drug-likeness (QED) is 0.220. The Morgan fingerprint density at radius 1 is 1.00 bits per heavy atom. The highest BCUT2D eigenvalue weighted by atomic mass is 16.6. The first-order chi connectivity index (χ1) is 22.0. The number of allylic oxidation sites excluding steroid dienone is 5. The highest BCUT2D eigenvalue weighted by molar-refractivity contribution is 6.17. The number of hydrogen-bond acceptors (Lipinski definition) is 7. The number of carbonyl (C=O) groups excluding carboxylic acids is 2. The highest BCUT2D eigenvalue weighted by Crippen LogP contribution is 2.67. The van der Waals surface area contributed by atoms with Gasteiger partial charge in [0.2, 0.25) is 0 Å². The van der Waals surface area contributed by atoms with Crippen LogP contribution in [0.4, 0.5) is 0 Å². The number of carboxylic acids is 1. The zero-order valence-corrected chi connectivity index (χ0v) is 28.7. The van der Waals surface area contributed by atoms with Gasteiger partial charge in [0.05, 0.1) is 17.6 Å². The van der Waals surface area contributed by atoms with Crippen LogP contribution in [-0.2, 0) is 20.7 Å². The molecule has 250 valence electrons. The molecule has 8 nitrogen and oxygen atoms in total. The second kappa shape index (κ2) is 11.1. The molecular weight excluding hydrogens is 596 g/mol. The molecule has 3 aliphatic heterocycles. The van der Waals surface area contributed by atoms with E-state index in [4.69, 9.17) is 14.2 Å². The van der Waals surface area contributed by atoms with Gasteiger partial charge in [-0.2, -0.15) is 0 Å². The molecule has 1 aromatic rings. The van der Waals surface area contributed by atoms with Gasteiger partial charge in [-0.1, -0.05) is 35.5 Å².